The fourth-order valence-corrected chi connectivity index (χ4v) is 1.71. The van der Waals surface area contributed by atoms with Crippen LogP contribution in [-0.2, 0) is 9.47 Å². The van der Waals surface area contributed by atoms with Crippen molar-refractivity contribution in [3.05, 3.63) is 29.8 Å². The van der Waals surface area contributed by atoms with Crippen molar-refractivity contribution >= 4 is 11.8 Å². The number of benzene rings is 1. The van der Waals surface area contributed by atoms with Crippen LogP contribution in [0.2, 0.25) is 0 Å². The molecule has 3 heteroatoms. The van der Waals surface area contributed by atoms with Crippen molar-refractivity contribution in [1.29, 1.82) is 0 Å². The predicted octanol–water partition coefficient (Wildman–Crippen LogP) is 3.48. The van der Waals surface area contributed by atoms with Crippen LogP contribution in [0, 0.1) is 0 Å². The maximum Gasteiger partial charge on any atom is 0.183 e. The Kier molecular flexibility index (Phi) is 5.76. The molecule has 0 aliphatic carbocycles. The molecule has 0 saturated heterocycles. The molecule has 0 spiro atoms. The highest BCUT2D eigenvalue weighted by molar-refractivity contribution is 7.98. The van der Waals surface area contributed by atoms with Crippen molar-refractivity contribution in [1.82, 2.24) is 0 Å². The van der Waals surface area contributed by atoms with Crippen molar-refractivity contribution in [2.45, 2.75) is 25.0 Å². The van der Waals surface area contributed by atoms with Gasteiger partial charge in [0, 0.05) is 23.7 Å². The molecule has 0 heterocycles. The van der Waals surface area contributed by atoms with E-state index in [0.29, 0.717) is 13.2 Å². The summed E-state index contributed by atoms with van der Waals surface area (Å²) >= 11 is 1.73. The van der Waals surface area contributed by atoms with E-state index in [1.807, 2.05) is 13.8 Å². The maximum atomic E-state index is 5.51. The number of thioether (sulfide) groups is 1. The molecule has 1 aromatic rings. The fraction of sp³-hybridized carbons (Fsp3) is 0.500. The highest BCUT2D eigenvalue weighted by atomic mass is 32.2. The Labute approximate surface area is 96.0 Å². The lowest BCUT2D eigenvalue weighted by Crippen LogP contribution is -2.08. The first kappa shape index (κ1) is 12.6. The van der Waals surface area contributed by atoms with E-state index in [2.05, 4.69) is 30.5 Å². The maximum absolute atomic E-state index is 5.51. The lowest BCUT2D eigenvalue weighted by molar-refractivity contribution is -0.140. The summed E-state index contributed by atoms with van der Waals surface area (Å²) in [6, 6.07) is 8.29. The number of ether oxygens (including phenoxy) is 2. The van der Waals surface area contributed by atoms with Crippen LogP contribution in [0.4, 0.5) is 0 Å². The lowest BCUT2D eigenvalue weighted by atomic mass is 10.2. The smallest absolute Gasteiger partial charge is 0.183 e. The van der Waals surface area contributed by atoms with Crippen molar-refractivity contribution in [2.24, 2.45) is 0 Å². The van der Waals surface area contributed by atoms with Gasteiger partial charge in [0.1, 0.15) is 0 Å². The second kappa shape index (κ2) is 6.88. The van der Waals surface area contributed by atoms with E-state index in [4.69, 9.17) is 9.47 Å². The molecular formula is C12H18O2S. The molecule has 15 heavy (non-hydrogen) atoms. The Morgan fingerprint density at radius 3 is 2.00 bits per heavy atom. The molecule has 0 fully saturated rings. The molecule has 1 rings (SSSR count). The summed E-state index contributed by atoms with van der Waals surface area (Å²) in [6.07, 6.45) is 1.84. The van der Waals surface area contributed by atoms with Crippen LogP contribution in [0.15, 0.2) is 29.2 Å². The molecule has 0 bridgehead atoms. The van der Waals surface area contributed by atoms with Crippen LogP contribution >= 0.6 is 11.8 Å². The van der Waals surface area contributed by atoms with Crippen LogP contribution in [0.1, 0.15) is 25.7 Å². The zero-order valence-corrected chi connectivity index (χ0v) is 10.3. The topological polar surface area (TPSA) is 18.5 Å². The van der Waals surface area contributed by atoms with Gasteiger partial charge in [0.05, 0.1) is 0 Å². The summed E-state index contributed by atoms with van der Waals surface area (Å²) in [5.41, 5.74) is 1.08. The van der Waals surface area contributed by atoms with E-state index in [-0.39, 0.29) is 6.29 Å². The van der Waals surface area contributed by atoms with E-state index < -0.39 is 0 Å². The average molecular weight is 226 g/mol. The van der Waals surface area contributed by atoms with Gasteiger partial charge in [-0.2, -0.15) is 0 Å². The second-order valence-electron chi connectivity index (χ2n) is 3.02. The van der Waals surface area contributed by atoms with Crippen molar-refractivity contribution in [2.75, 3.05) is 19.5 Å². The number of rotatable bonds is 6. The minimum absolute atomic E-state index is 0.226. The molecular weight excluding hydrogens is 208 g/mol. The molecule has 0 saturated carbocycles. The summed E-state index contributed by atoms with van der Waals surface area (Å²) in [5.74, 6) is 0. The van der Waals surface area contributed by atoms with E-state index in [1.165, 1.54) is 4.90 Å². The number of hydrogen-bond acceptors (Lipinski definition) is 3. The summed E-state index contributed by atoms with van der Waals surface area (Å²) in [5, 5.41) is 0. The summed E-state index contributed by atoms with van der Waals surface area (Å²) in [4.78, 5) is 1.26. The molecule has 0 aliphatic rings. The minimum Gasteiger partial charge on any atom is -0.349 e. The van der Waals surface area contributed by atoms with Crippen LogP contribution in [-0.4, -0.2) is 19.5 Å². The summed E-state index contributed by atoms with van der Waals surface area (Å²) in [7, 11) is 0. The summed E-state index contributed by atoms with van der Waals surface area (Å²) < 4.78 is 11.0. The molecule has 84 valence electrons. The Balaban J connectivity index is 2.72. The quantitative estimate of drug-likeness (QED) is 0.546. The third-order valence-corrected chi connectivity index (χ3v) is 2.77. The van der Waals surface area contributed by atoms with Crippen LogP contribution in [0.3, 0.4) is 0 Å². The third kappa shape index (κ3) is 3.86. The van der Waals surface area contributed by atoms with Gasteiger partial charge in [-0.3, -0.25) is 0 Å². The van der Waals surface area contributed by atoms with E-state index in [0.717, 1.165) is 5.56 Å². The van der Waals surface area contributed by atoms with Gasteiger partial charge < -0.3 is 9.47 Å². The zero-order chi connectivity index (χ0) is 11.1. The first-order valence-electron chi connectivity index (χ1n) is 5.19. The van der Waals surface area contributed by atoms with Crippen molar-refractivity contribution in [3.8, 4) is 0 Å². The average Bonchev–Trinajstić information content (AvgIpc) is 2.29. The molecule has 0 unspecified atom stereocenters. The van der Waals surface area contributed by atoms with Crippen molar-refractivity contribution in [3.63, 3.8) is 0 Å². The largest absolute Gasteiger partial charge is 0.349 e. The summed E-state index contributed by atoms with van der Waals surface area (Å²) in [6.45, 7) is 5.27. The Bertz CT molecular complexity index is 265. The third-order valence-electron chi connectivity index (χ3n) is 2.02. The second-order valence-corrected chi connectivity index (χ2v) is 3.90. The van der Waals surface area contributed by atoms with Gasteiger partial charge in [0.2, 0.25) is 0 Å². The normalized spacial score (nSPS) is 10.9. The predicted molar refractivity (Wildman–Crippen MR) is 64.2 cm³/mol. The lowest BCUT2D eigenvalue weighted by Gasteiger charge is -2.17. The van der Waals surface area contributed by atoms with Crippen LogP contribution in [0.5, 0.6) is 0 Å². The highest BCUT2D eigenvalue weighted by Crippen LogP contribution is 2.22. The number of hydrogen-bond donors (Lipinski definition) is 0. The Morgan fingerprint density at radius 2 is 1.60 bits per heavy atom. The van der Waals surface area contributed by atoms with E-state index in [9.17, 15) is 0 Å². The van der Waals surface area contributed by atoms with Crippen LogP contribution in [0.25, 0.3) is 0 Å². The standard InChI is InChI=1S/C12H18O2S/c1-4-13-12(14-5-2)10-6-8-11(15-3)9-7-10/h6-9,12H,4-5H2,1-3H3. The molecule has 0 atom stereocenters. The highest BCUT2D eigenvalue weighted by Gasteiger charge is 2.10. The SMILES string of the molecule is CCOC(OCC)c1ccc(SC)cc1. The van der Waals surface area contributed by atoms with Gasteiger partial charge in [0.15, 0.2) is 6.29 Å². The van der Waals surface area contributed by atoms with Crippen LogP contribution < -0.4 is 0 Å². The monoisotopic (exact) mass is 226 g/mol. The fourth-order valence-electron chi connectivity index (χ4n) is 1.30. The Hall–Kier alpha value is -0.510. The van der Waals surface area contributed by atoms with E-state index in [1.54, 1.807) is 11.8 Å². The molecule has 2 nitrogen and oxygen atoms in total. The van der Waals surface area contributed by atoms with Gasteiger partial charge in [-0.15, -0.1) is 11.8 Å². The van der Waals surface area contributed by atoms with Gasteiger partial charge in [0.25, 0.3) is 0 Å². The van der Waals surface area contributed by atoms with Gasteiger partial charge in [-0.25, -0.2) is 0 Å². The van der Waals surface area contributed by atoms with E-state index >= 15 is 0 Å². The molecule has 0 N–H and O–H groups in total. The molecule has 0 aromatic heterocycles. The molecule has 0 amide bonds. The Morgan fingerprint density at radius 1 is 1.07 bits per heavy atom. The minimum atomic E-state index is -0.226. The molecule has 0 aliphatic heterocycles. The zero-order valence-electron chi connectivity index (χ0n) is 9.53. The van der Waals surface area contributed by atoms with Crippen molar-refractivity contribution < 1.29 is 9.47 Å². The molecule has 0 radical (unpaired) electrons. The van der Waals surface area contributed by atoms with Gasteiger partial charge >= 0.3 is 0 Å². The van der Waals surface area contributed by atoms with Gasteiger partial charge in [-0.05, 0) is 32.2 Å². The first-order valence-corrected chi connectivity index (χ1v) is 6.41. The van der Waals surface area contributed by atoms with Gasteiger partial charge in [-0.1, -0.05) is 12.1 Å². The molecule has 1 aromatic carbocycles. The first-order chi connectivity index (χ1) is 7.31.